The van der Waals surface area contributed by atoms with Gasteiger partial charge in [-0.15, -0.1) is 0 Å². The number of halogens is 4. The first kappa shape index (κ1) is 24.4. The second-order valence-electron chi connectivity index (χ2n) is 7.02. The lowest BCUT2D eigenvalue weighted by molar-refractivity contribution is 0.587. The molecular formula is C21H14Cl2F2N4O3S2. The minimum absolute atomic E-state index is 0.0940. The van der Waals surface area contributed by atoms with Crippen molar-refractivity contribution in [3.05, 3.63) is 74.6 Å². The third-order valence-corrected chi connectivity index (χ3v) is 7.54. The van der Waals surface area contributed by atoms with Crippen LogP contribution >= 0.6 is 35.0 Å². The molecule has 2 aromatic heterocycles. The highest BCUT2D eigenvalue weighted by atomic mass is 35.5. The van der Waals surface area contributed by atoms with Crippen LogP contribution in [0.1, 0.15) is 0 Å². The van der Waals surface area contributed by atoms with E-state index < -0.39 is 43.4 Å². The maximum Gasteiger partial charge on any atom is 0.263 e. The molecule has 2 heterocycles. The van der Waals surface area contributed by atoms with Gasteiger partial charge in [-0.05, 0) is 42.7 Å². The Hall–Kier alpha value is -2.73. The molecule has 4 rings (SSSR count). The van der Waals surface area contributed by atoms with E-state index >= 15 is 4.39 Å². The van der Waals surface area contributed by atoms with Gasteiger partial charge in [0.25, 0.3) is 15.6 Å². The number of hydrogen-bond donors (Lipinski definition) is 1. The Morgan fingerprint density at radius 2 is 1.85 bits per heavy atom. The van der Waals surface area contributed by atoms with Crippen molar-refractivity contribution in [3.8, 4) is 11.1 Å². The van der Waals surface area contributed by atoms with Gasteiger partial charge in [-0.3, -0.25) is 14.1 Å². The van der Waals surface area contributed by atoms with Crippen LogP contribution in [-0.4, -0.2) is 29.2 Å². The molecule has 13 heteroatoms. The molecule has 1 N–H and O–H groups in total. The zero-order valence-corrected chi connectivity index (χ0v) is 20.6. The van der Waals surface area contributed by atoms with Crippen LogP contribution < -0.4 is 10.3 Å². The lowest BCUT2D eigenvalue weighted by Gasteiger charge is -2.14. The molecule has 0 saturated heterocycles. The second-order valence-corrected chi connectivity index (χ2v) is 10.3. The molecule has 0 spiro atoms. The number of benzene rings is 2. The molecule has 0 unspecified atom stereocenters. The summed E-state index contributed by atoms with van der Waals surface area (Å²) in [7, 11) is -2.98. The highest BCUT2D eigenvalue weighted by molar-refractivity contribution is 7.98. The number of aryl methyl sites for hydroxylation is 1. The number of sulfonamides is 1. The normalized spacial score (nSPS) is 11.7. The van der Waals surface area contributed by atoms with Crippen molar-refractivity contribution < 1.29 is 17.2 Å². The summed E-state index contributed by atoms with van der Waals surface area (Å²) < 4.78 is 59.1. The van der Waals surface area contributed by atoms with Crippen molar-refractivity contribution in [2.45, 2.75) is 10.1 Å². The smallest absolute Gasteiger partial charge is 0.263 e. The van der Waals surface area contributed by atoms with Gasteiger partial charge < -0.3 is 0 Å². The zero-order chi connectivity index (χ0) is 24.8. The first-order valence-corrected chi connectivity index (χ1v) is 12.9. The SMILES string of the molecule is CSc1ncc2cc(-c3c(F)ccc(NS(=O)(=O)c4cc(Cl)ccc4Cl)c3F)c(=O)n(C)c2n1. The number of fused-ring (bicyclic) bond motifs is 1. The minimum Gasteiger partial charge on any atom is -0.295 e. The van der Waals surface area contributed by atoms with Crippen LogP contribution in [0, 0.1) is 11.6 Å². The molecule has 4 aromatic rings. The number of hydrogen-bond acceptors (Lipinski definition) is 6. The second kappa shape index (κ2) is 9.14. The average molecular weight is 543 g/mol. The lowest BCUT2D eigenvalue weighted by Crippen LogP contribution is -2.21. The van der Waals surface area contributed by atoms with Gasteiger partial charge in [0.15, 0.2) is 11.0 Å². The van der Waals surface area contributed by atoms with Gasteiger partial charge in [0.1, 0.15) is 16.4 Å². The number of pyridine rings is 1. The first-order valence-electron chi connectivity index (χ1n) is 9.40. The van der Waals surface area contributed by atoms with E-state index in [4.69, 9.17) is 23.2 Å². The lowest BCUT2D eigenvalue weighted by atomic mass is 10.0. The topological polar surface area (TPSA) is 94.0 Å². The number of aromatic nitrogens is 3. The molecule has 0 radical (unpaired) electrons. The molecule has 0 amide bonds. The summed E-state index contributed by atoms with van der Waals surface area (Å²) >= 11 is 13.1. The van der Waals surface area contributed by atoms with Crippen molar-refractivity contribution in [2.24, 2.45) is 7.05 Å². The Balaban J connectivity index is 1.87. The number of nitrogens with zero attached hydrogens (tertiary/aromatic N) is 3. The highest BCUT2D eigenvalue weighted by Crippen LogP contribution is 2.33. The van der Waals surface area contributed by atoms with Crippen LogP contribution in [0.4, 0.5) is 14.5 Å². The maximum atomic E-state index is 15.5. The minimum atomic E-state index is -4.40. The van der Waals surface area contributed by atoms with E-state index in [0.717, 1.165) is 22.8 Å². The molecule has 0 aliphatic heterocycles. The van der Waals surface area contributed by atoms with E-state index in [-0.39, 0.29) is 21.3 Å². The number of nitrogens with one attached hydrogen (secondary N) is 1. The fourth-order valence-electron chi connectivity index (χ4n) is 3.27. The molecule has 2 aromatic carbocycles. The van der Waals surface area contributed by atoms with Crippen molar-refractivity contribution in [1.29, 1.82) is 0 Å². The van der Waals surface area contributed by atoms with E-state index in [1.165, 1.54) is 43.2 Å². The first-order chi connectivity index (χ1) is 16.0. The fourth-order valence-corrected chi connectivity index (χ4v) is 5.43. The van der Waals surface area contributed by atoms with E-state index in [1.807, 2.05) is 4.72 Å². The Bertz CT molecular complexity index is 1630. The summed E-state index contributed by atoms with van der Waals surface area (Å²) in [5, 5.41) is 0.735. The van der Waals surface area contributed by atoms with Crippen molar-refractivity contribution in [1.82, 2.24) is 14.5 Å². The number of rotatable bonds is 5. The van der Waals surface area contributed by atoms with Gasteiger partial charge in [0.05, 0.1) is 21.8 Å². The molecule has 7 nitrogen and oxygen atoms in total. The van der Waals surface area contributed by atoms with Gasteiger partial charge in [0.2, 0.25) is 0 Å². The number of anilines is 1. The van der Waals surface area contributed by atoms with Crippen molar-refractivity contribution >= 4 is 61.7 Å². The summed E-state index contributed by atoms with van der Waals surface area (Å²) in [6, 6.07) is 6.78. The van der Waals surface area contributed by atoms with Gasteiger partial charge >= 0.3 is 0 Å². The molecule has 0 bridgehead atoms. The van der Waals surface area contributed by atoms with E-state index in [1.54, 1.807) is 6.26 Å². The Labute approximate surface area is 206 Å². The number of thioether (sulfide) groups is 1. The van der Waals surface area contributed by atoms with Crippen molar-refractivity contribution in [2.75, 3.05) is 11.0 Å². The van der Waals surface area contributed by atoms with Crippen molar-refractivity contribution in [3.63, 3.8) is 0 Å². The Morgan fingerprint density at radius 3 is 2.56 bits per heavy atom. The van der Waals surface area contributed by atoms with E-state index in [2.05, 4.69) is 9.97 Å². The summed E-state index contributed by atoms with van der Waals surface area (Å²) in [4.78, 5) is 21.0. The van der Waals surface area contributed by atoms with Crippen LogP contribution in [-0.2, 0) is 17.1 Å². The molecule has 0 saturated carbocycles. The third kappa shape index (κ3) is 4.36. The van der Waals surface area contributed by atoms with Crippen LogP contribution in [0.2, 0.25) is 10.0 Å². The predicted molar refractivity (Wildman–Crippen MR) is 129 cm³/mol. The van der Waals surface area contributed by atoms with Gasteiger partial charge in [0, 0.05) is 23.7 Å². The Morgan fingerprint density at radius 1 is 1.12 bits per heavy atom. The van der Waals surface area contributed by atoms with Gasteiger partial charge in [-0.1, -0.05) is 35.0 Å². The standard InChI is InChI=1S/C21H14Cl2F2N4O3S2/c1-29-19-10(9-26-21(27-19)33-2)7-12(20(29)30)17-14(24)5-6-15(18(17)25)28-34(31,32)16-8-11(22)3-4-13(16)23/h3-9,28H,1-2H3. The van der Waals surface area contributed by atoms with Crippen LogP contribution in [0.15, 0.2) is 57.4 Å². The third-order valence-electron chi connectivity index (χ3n) is 4.90. The molecule has 0 aliphatic carbocycles. The summed E-state index contributed by atoms with van der Waals surface area (Å²) in [5.41, 5.74) is -2.06. The maximum absolute atomic E-state index is 15.5. The van der Waals surface area contributed by atoms with E-state index in [0.29, 0.717) is 10.5 Å². The molecule has 0 aliphatic rings. The van der Waals surface area contributed by atoms with E-state index in [9.17, 15) is 17.6 Å². The van der Waals surface area contributed by atoms with Crippen LogP contribution in [0.5, 0.6) is 0 Å². The quantitative estimate of drug-likeness (QED) is 0.278. The van der Waals surface area contributed by atoms with Gasteiger partial charge in [-0.2, -0.15) is 0 Å². The fraction of sp³-hybridized carbons (Fsp3) is 0.0952. The highest BCUT2D eigenvalue weighted by Gasteiger charge is 2.25. The molecule has 34 heavy (non-hydrogen) atoms. The summed E-state index contributed by atoms with van der Waals surface area (Å²) in [5.74, 6) is -2.33. The van der Waals surface area contributed by atoms with Gasteiger partial charge in [-0.25, -0.2) is 27.2 Å². The Kier molecular flexibility index (Phi) is 6.56. The summed E-state index contributed by atoms with van der Waals surface area (Å²) in [6.45, 7) is 0. The molecule has 0 atom stereocenters. The monoisotopic (exact) mass is 542 g/mol. The molecular weight excluding hydrogens is 529 g/mol. The molecule has 0 fully saturated rings. The summed E-state index contributed by atoms with van der Waals surface area (Å²) in [6.07, 6.45) is 3.20. The van der Waals surface area contributed by atoms with Crippen LogP contribution in [0.25, 0.3) is 22.2 Å². The van der Waals surface area contributed by atoms with Crippen LogP contribution in [0.3, 0.4) is 0 Å². The largest absolute Gasteiger partial charge is 0.295 e. The molecule has 176 valence electrons. The zero-order valence-electron chi connectivity index (χ0n) is 17.4. The average Bonchev–Trinajstić information content (AvgIpc) is 2.80. The predicted octanol–water partition coefficient (Wildman–Crippen LogP) is 5.10.